The van der Waals surface area contributed by atoms with Gasteiger partial charge in [-0.3, -0.25) is 9.59 Å². The van der Waals surface area contributed by atoms with Gasteiger partial charge in [0.25, 0.3) is 0 Å². The minimum atomic E-state index is -0.782. The van der Waals surface area contributed by atoms with Crippen LogP contribution in [-0.2, 0) is 19.1 Å². The Balaban J connectivity index is 3.54. The highest BCUT2D eigenvalue weighted by molar-refractivity contribution is 5.70. The number of ether oxygens (including phenoxy) is 2. The van der Waals surface area contributed by atoms with Crippen LogP contribution in [0.25, 0.3) is 0 Å². The average molecular weight is 687 g/mol. The third kappa shape index (κ3) is 38.5. The third-order valence-electron chi connectivity index (χ3n) is 8.92. The van der Waals surface area contributed by atoms with Gasteiger partial charge in [0.2, 0.25) is 0 Å². The number of rotatable bonds is 37. The maximum absolute atomic E-state index is 12.2. The molecule has 1 unspecified atom stereocenters. The first-order valence-corrected chi connectivity index (χ1v) is 20.7. The Morgan fingerprint density at radius 1 is 0.490 bits per heavy atom. The van der Waals surface area contributed by atoms with Crippen LogP contribution in [0.15, 0.2) is 48.6 Å². The maximum Gasteiger partial charge on any atom is 0.306 e. The first-order valence-electron chi connectivity index (χ1n) is 20.7. The van der Waals surface area contributed by atoms with Crippen LogP contribution in [0.3, 0.4) is 0 Å². The molecule has 0 aliphatic heterocycles. The summed E-state index contributed by atoms with van der Waals surface area (Å²) in [5.74, 6) is -0.619. The summed E-state index contributed by atoms with van der Waals surface area (Å²) >= 11 is 0. The van der Waals surface area contributed by atoms with Crippen LogP contribution >= 0.6 is 0 Å². The summed E-state index contributed by atoms with van der Waals surface area (Å²) in [6.45, 7) is 3.99. The highest BCUT2D eigenvalue weighted by atomic mass is 16.6. The van der Waals surface area contributed by atoms with E-state index in [2.05, 4.69) is 62.5 Å². The second kappa shape index (κ2) is 40.3. The molecule has 0 radical (unpaired) electrons. The molecule has 0 aliphatic rings. The molecule has 284 valence electrons. The second-order valence-electron chi connectivity index (χ2n) is 13.7. The van der Waals surface area contributed by atoms with Gasteiger partial charge in [-0.05, 0) is 57.8 Å². The zero-order valence-electron chi connectivity index (χ0n) is 32.2. The predicted molar refractivity (Wildman–Crippen MR) is 210 cm³/mol. The molecule has 0 saturated carbocycles. The van der Waals surface area contributed by atoms with Crippen molar-refractivity contribution in [2.45, 2.75) is 206 Å². The molecular weight excluding hydrogens is 608 g/mol. The van der Waals surface area contributed by atoms with Gasteiger partial charge in [0.05, 0.1) is 6.61 Å². The van der Waals surface area contributed by atoms with Crippen LogP contribution < -0.4 is 0 Å². The molecule has 49 heavy (non-hydrogen) atoms. The fourth-order valence-electron chi connectivity index (χ4n) is 5.78. The van der Waals surface area contributed by atoms with Gasteiger partial charge in [-0.25, -0.2) is 0 Å². The number of carbonyl (C=O) groups excluding carboxylic acids is 2. The molecule has 5 heteroatoms. The third-order valence-corrected chi connectivity index (χ3v) is 8.92. The number of hydrogen-bond donors (Lipinski definition) is 1. The van der Waals surface area contributed by atoms with E-state index in [1.165, 1.54) is 109 Å². The van der Waals surface area contributed by atoms with E-state index in [9.17, 15) is 14.7 Å². The van der Waals surface area contributed by atoms with Gasteiger partial charge in [0.1, 0.15) is 6.61 Å². The molecule has 0 heterocycles. The number of carbonyl (C=O) groups is 2. The first kappa shape index (κ1) is 46.9. The molecule has 5 nitrogen and oxygen atoms in total. The highest BCUT2D eigenvalue weighted by Gasteiger charge is 2.16. The lowest BCUT2D eigenvalue weighted by atomic mass is 10.0. The lowest BCUT2D eigenvalue weighted by Crippen LogP contribution is -2.28. The Labute approximate surface area is 303 Å². The summed E-state index contributed by atoms with van der Waals surface area (Å²) in [5.41, 5.74) is 0. The van der Waals surface area contributed by atoms with E-state index in [1.54, 1.807) is 0 Å². The summed E-state index contributed by atoms with van der Waals surface area (Å²) in [6.07, 6.45) is 50.4. The van der Waals surface area contributed by atoms with Gasteiger partial charge in [-0.1, -0.05) is 178 Å². The number of aliphatic hydroxyl groups excluding tert-OH is 1. The predicted octanol–water partition coefficient (Wildman–Crippen LogP) is 13.0. The van der Waals surface area contributed by atoms with Crippen LogP contribution in [0.4, 0.5) is 0 Å². The van der Waals surface area contributed by atoms with Crippen LogP contribution in [0.5, 0.6) is 0 Å². The van der Waals surface area contributed by atoms with Crippen LogP contribution in [0, 0.1) is 0 Å². The quantitative estimate of drug-likeness (QED) is 0.0305. The van der Waals surface area contributed by atoms with Crippen LogP contribution in [-0.4, -0.2) is 36.4 Å². The van der Waals surface area contributed by atoms with E-state index in [0.717, 1.165) is 64.2 Å². The van der Waals surface area contributed by atoms with E-state index in [4.69, 9.17) is 9.47 Å². The van der Waals surface area contributed by atoms with Crippen molar-refractivity contribution in [1.29, 1.82) is 0 Å². The number of esters is 2. The summed E-state index contributed by atoms with van der Waals surface area (Å²) < 4.78 is 10.6. The Hall–Kier alpha value is -2.14. The number of allylic oxidation sites excluding steroid dienone is 8. The second-order valence-corrected chi connectivity index (χ2v) is 13.7. The van der Waals surface area contributed by atoms with Crippen molar-refractivity contribution in [3.05, 3.63) is 48.6 Å². The fourth-order valence-corrected chi connectivity index (χ4v) is 5.78. The van der Waals surface area contributed by atoms with E-state index in [-0.39, 0.29) is 25.2 Å². The fraction of sp³-hybridized carbons (Fsp3) is 0.773. The molecule has 0 aromatic rings. The number of aliphatic hydroxyl groups is 1. The van der Waals surface area contributed by atoms with Gasteiger partial charge in [0, 0.05) is 12.8 Å². The van der Waals surface area contributed by atoms with Gasteiger partial charge in [0.15, 0.2) is 6.10 Å². The van der Waals surface area contributed by atoms with E-state index < -0.39 is 6.10 Å². The van der Waals surface area contributed by atoms with Crippen molar-refractivity contribution >= 4 is 11.9 Å². The molecule has 0 rings (SSSR count). The molecule has 0 bridgehead atoms. The Morgan fingerprint density at radius 3 is 1.37 bits per heavy atom. The molecule has 0 aliphatic carbocycles. The summed E-state index contributed by atoms with van der Waals surface area (Å²) in [7, 11) is 0. The molecule has 1 N–H and O–H groups in total. The lowest BCUT2D eigenvalue weighted by Gasteiger charge is -2.15. The molecule has 0 amide bonds. The van der Waals surface area contributed by atoms with Crippen molar-refractivity contribution < 1.29 is 24.2 Å². The Morgan fingerprint density at radius 2 is 0.898 bits per heavy atom. The molecule has 0 aromatic heterocycles. The van der Waals surface area contributed by atoms with Crippen molar-refractivity contribution in [2.75, 3.05) is 13.2 Å². The smallest absolute Gasteiger partial charge is 0.306 e. The Bertz CT molecular complexity index is 827. The van der Waals surface area contributed by atoms with Gasteiger partial charge < -0.3 is 14.6 Å². The topological polar surface area (TPSA) is 72.8 Å². The lowest BCUT2D eigenvalue weighted by molar-refractivity contribution is -0.161. The SMILES string of the molecule is CC/C=C/C=C/C=C/CCCCCCCC(=O)OCC(CO)OC(=O)CCCCCCCCC/C=C/CCCCCCCCCCCCC. The average Bonchev–Trinajstić information content (AvgIpc) is 3.10. The summed E-state index contributed by atoms with van der Waals surface area (Å²) in [4.78, 5) is 24.2. The molecular formula is C44H78O5. The molecule has 0 saturated heterocycles. The van der Waals surface area contributed by atoms with Gasteiger partial charge >= 0.3 is 11.9 Å². The zero-order valence-corrected chi connectivity index (χ0v) is 32.2. The molecule has 1 atom stereocenters. The normalized spacial score (nSPS) is 12.6. The number of unbranched alkanes of at least 4 members (excludes halogenated alkanes) is 23. The van der Waals surface area contributed by atoms with Crippen LogP contribution in [0.1, 0.15) is 200 Å². The zero-order chi connectivity index (χ0) is 35.7. The monoisotopic (exact) mass is 687 g/mol. The minimum Gasteiger partial charge on any atom is -0.462 e. The number of hydrogen-bond acceptors (Lipinski definition) is 5. The van der Waals surface area contributed by atoms with E-state index in [1.807, 2.05) is 0 Å². The van der Waals surface area contributed by atoms with Crippen molar-refractivity contribution in [1.82, 2.24) is 0 Å². The summed E-state index contributed by atoms with van der Waals surface area (Å²) in [6, 6.07) is 0. The molecule has 0 spiro atoms. The van der Waals surface area contributed by atoms with E-state index >= 15 is 0 Å². The molecule has 0 aromatic carbocycles. The highest BCUT2D eigenvalue weighted by Crippen LogP contribution is 2.14. The van der Waals surface area contributed by atoms with Gasteiger partial charge in [-0.2, -0.15) is 0 Å². The van der Waals surface area contributed by atoms with E-state index in [0.29, 0.717) is 12.8 Å². The largest absolute Gasteiger partial charge is 0.462 e. The first-order chi connectivity index (χ1) is 24.1. The van der Waals surface area contributed by atoms with Crippen molar-refractivity contribution in [3.63, 3.8) is 0 Å². The van der Waals surface area contributed by atoms with Crippen molar-refractivity contribution in [3.8, 4) is 0 Å². The van der Waals surface area contributed by atoms with Gasteiger partial charge in [-0.15, -0.1) is 0 Å². The maximum atomic E-state index is 12.2. The summed E-state index contributed by atoms with van der Waals surface area (Å²) in [5, 5.41) is 9.55. The molecule has 0 fully saturated rings. The standard InChI is InChI=1S/C44H78O5/c1-3-5-7-9-11-13-15-17-18-19-20-21-22-23-24-25-27-29-31-33-35-37-39-44(47)49-42(40-45)41-48-43(46)38-36-34-32-30-28-26-16-14-12-10-8-6-4-2/h6,8,10,12,14,16,22-23,42,45H,3-5,7,9,11,13,15,17-21,24-41H2,1-2H3/b8-6+,12-10+,16-14+,23-22+. The van der Waals surface area contributed by atoms with Crippen molar-refractivity contribution in [2.24, 2.45) is 0 Å². The Kier molecular flexibility index (Phi) is 38.5. The minimum absolute atomic E-state index is 0.0787. The van der Waals surface area contributed by atoms with Crippen LogP contribution in [0.2, 0.25) is 0 Å².